The lowest BCUT2D eigenvalue weighted by atomic mass is 10.1. The first-order valence-corrected chi connectivity index (χ1v) is 5.75. The first kappa shape index (κ1) is 14.0. The molecular formula is C13H17N3O2. The monoisotopic (exact) mass is 247 g/mol. The smallest absolute Gasteiger partial charge is 0.233 e. The number of carbonyl (C=O) groups is 1. The van der Waals surface area contributed by atoms with E-state index < -0.39 is 0 Å². The van der Waals surface area contributed by atoms with Crippen molar-refractivity contribution in [2.24, 2.45) is 0 Å². The van der Waals surface area contributed by atoms with Crippen LogP contribution >= 0.6 is 0 Å². The third kappa shape index (κ3) is 4.07. The molecule has 0 heterocycles. The van der Waals surface area contributed by atoms with Crippen molar-refractivity contribution in [2.75, 3.05) is 20.2 Å². The number of methoxy groups -OCH3 is 1. The van der Waals surface area contributed by atoms with E-state index in [-0.39, 0.29) is 12.5 Å². The molecule has 0 aliphatic heterocycles. The molecule has 0 aliphatic carbocycles. The van der Waals surface area contributed by atoms with Crippen LogP contribution in [0.3, 0.4) is 0 Å². The minimum absolute atomic E-state index is 0.0356. The molecule has 0 aliphatic rings. The molecule has 0 saturated carbocycles. The minimum Gasteiger partial charge on any atom is -0.495 e. The molecule has 0 atom stereocenters. The Morgan fingerprint density at radius 3 is 2.89 bits per heavy atom. The van der Waals surface area contributed by atoms with Gasteiger partial charge in [-0.15, -0.1) is 0 Å². The number of benzene rings is 1. The van der Waals surface area contributed by atoms with E-state index in [4.69, 9.17) is 10.00 Å². The van der Waals surface area contributed by atoms with Crippen molar-refractivity contribution in [1.29, 1.82) is 5.26 Å². The molecule has 5 heteroatoms. The molecule has 2 N–H and O–H groups in total. The molecule has 1 aromatic carbocycles. The largest absolute Gasteiger partial charge is 0.495 e. The molecule has 1 amide bonds. The lowest BCUT2D eigenvalue weighted by molar-refractivity contribution is -0.120. The topological polar surface area (TPSA) is 74.2 Å². The maximum absolute atomic E-state index is 11.2. The molecule has 5 nitrogen and oxygen atoms in total. The van der Waals surface area contributed by atoms with Crippen LogP contribution < -0.4 is 15.4 Å². The first-order valence-electron chi connectivity index (χ1n) is 5.75. The molecule has 0 fully saturated rings. The van der Waals surface area contributed by atoms with Crippen molar-refractivity contribution in [2.45, 2.75) is 13.5 Å². The summed E-state index contributed by atoms with van der Waals surface area (Å²) in [5.74, 6) is 0.525. The van der Waals surface area contributed by atoms with Gasteiger partial charge in [0.05, 0.1) is 19.2 Å². The van der Waals surface area contributed by atoms with E-state index in [1.165, 1.54) is 7.11 Å². The highest BCUT2D eigenvalue weighted by Crippen LogP contribution is 2.18. The first-order chi connectivity index (χ1) is 8.71. The van der Waals surface area contributed by atoms with Gasteiger partial charge in [-0.3, -0.25) is 4.79 Å². The summed E-state index contributed by atoms with van der Waals surface area (Å²) < 4.78 is 5.06. The highest BCUT2D eigenvalue weighted by atomic mass is 16.5. The van der Waals surface area contributed by atoms with Crippen LogP contribution in [-0.4, -0.2) is 26.1 Å². The van der Waals surface area contributed by atoms with Crippen LogP contribution in [0.25, 0.3) is 0 Å². The quantitative estimate of drug-likeness (QED) is 0.779. The Bertz CT molecular complexity index is 452. The molecule has 0 aromatic heterocycles. The Morgan fingerprint density at radius 2 is 2.28 bits per heavy atom. The van der Waals surface area contributed by atoms with Crippen molar-refractivity contribution in [3.63, 3.8) is 0 Å². The molecule has 0 saturated heterocycles. The summed E-state index contributed by atoms with van der Waals surface area (Å²) in [6, 6.07) is 7.44. The highest BCUT2D eigenvalue weighted by Gasteiger charge is 2.04. The molecule has 0 unspecified atom stereocenters. The second-order valence-corrected chi connectivity index (χ2v) is 3.70. The summed E-state index contributed by atoms with van der Waals surface area (Å²) in [6.45, 7) is 3.31. The standard InChI is InChI=1S/C13H17N3O2/c1-3-16-13(17)9-15-8-10-4-5-12(18-2)11(6-10)7-14/h4-6,15H,3,8-9H2,1-2H3,(H,16,17). The number of carbonyl (C=O) groups excluding carboxylic acids is 1. The van der Waals surface area contributed by atoms with Crippen LogP contribution in [0.15, 0.2) is 18.2 Å². The fourth-order valence-corrected chi connectivity index (χ4v) is 1.53. The number of hydrogen-bond donors (Lipinski definition) is 2. The summed E-state index contributed by atoms with van der Waals surface area (Å²) in [7, 11) is 1.53. The van der Waals surface area contributed by atoms with E-state index in [0.717, 1.165) is 5.56 Å². The number of nitrogens with zero attached hydrogens (tertiary/aromatic N) is 1. The van der Waals surface area contributed by atoms with Gasteiger partial charge >= 0.3 is 0 Å². The zero-order valence-electron chi connectivity index (χ0n) is 10.6. The van der Waals surface area contributed by atoms with Crippen molar-refractivity contribution < 1.29 is 9.53 Å². The number of nitriles is 1. The van der Waals surface area contributed by atoms with Crippen LogP contribution in [0.4, 0.5) is 0 Å². The lowest BCUT2D eigenvalue weighted by Gasteiger charge is -2.07. The number of amides is 1. The van der Waals surface area contributed by atoms with Crippen LogP contribution in [0.2, 0.25) is 0 Å². The van der Waals surface area contributed by atoms with E-state index in [0.29, 0.717) is 24.4 Å². The molecule has 1 rings (SSSR count). The van der Waals surface area contributed by atoms with Crippen LogP contribution in [0.5, 0.6) is 5.75 Å². The van der Waals surface area contributed by atoms with E-state index in [2.05, 4.69) is 16.7 Å². The molecule has 0 radical (unpaired) electrons. The van der Waals surface area contributed by atoms with Crippen LogP contribution in [-0.2, 0) is 11.3 Å². The number of nitrogens with one attached hydrogen (secondary N) is 2. The number of hydrogen-bond acceptors (Lipinski definition) is 4. The third-order valence-corrected chi connectivity index (χ3v) is 2.37. The summed E-state index contributed by atoms with van der Waals surface area (Å²) >= 11 is 0. The maximum atomic E-state index is 11.2. The Kier molecular flexibility index (Phi) is 5.68. The fraction of sp³-hybridized carbons (Fsp3) is 0.385. The summed E-state index contributed by atoms with van der Waals surface area (Å²) in [4.78, 5) is 11.2. The predicted octanol–water partition coefficient (Wildman–Crippen LogP) is 0.793. The number of rotatable bonds is 6. The average Bonchev–Trinajstić information content (AvgIpc) is 2.38. The third-order valence-electron chi connectivity index (χ3n) is 2.37. The normalized spacial score (nSPS) is 9.61. The summed E-state index contributed by atoms with van der Waals surface area (Å²) in [6.07, 6.45) is 0. The van der Waals surface area contributed by atoms with Gasteiger partial charge in [0.2, 0.25) is 5.91 Å². The van der Waals surface area contributed by atoms with Crippen LogP contribution in [0.1, 0.15) is 18.1 Å². The van der Waals surface area contributed by atoms with Gasteiger partial charge in [0.25, 0.3) is 0 Å². The second kappa shape index (κ2) is 7.30. The van der Waals surface area contributed by atoms with E-state index in [1.54, 1.807) is 12.1 Å². The maximum Gasteiger partial charge on any atom is 0.233 e. The molecule has 0 bridgehead atoms. The SMILES string of the molecule is CCNC(=O)CNCc1ccc(OC)c(C#N)c1. The van der Waals surface area contributed by atoms with Crippen molar-refractivity contribution in [1.82, 2.24) is 10.6 Å². The Balaban J connectivity index is 2.53. The van der Waals surface area contributed by atoms with Gasteiger partial charge in [0.1, 0.15) is 11.8 Å². The van der Waals surface area contributed by atoms with E-state index in [9.17, 15) is 4.79 Å². The van der Waals surface area contributed by atoms with Gasteiger partial charge < -0.3 is 15.4 Å². The number of likely N-dealkylation sites (N-methyl/N-ethyl adjacent to an activating group) is 1. The van der Waals surface area contributed by atoms with Gasteiger partial charge in [-0.25, -0.2) is 0 Å². The van der Waals surface area contributed by atoms with E-state index in [1.807, 2.05) is 13.0 Å². The predicted molar refractivity (Wildman–Crippen MR) is 68.1 cm³/mol. The number of ether oxygens (including phenoxy) is 1. The van der Waals surface area contributed by atoms with Gasteiger partial charge in [-0.1, -0.05) is 6.07 Å². The fourth-order valence-electron chi connectivity index (χ4n) is 1.53. The molecule has 1 aromatic rings. The zero-order chi connectivity index (χ0) is 13.4. The Morgan fingerprint density at radius 1 is 1.50 bits per heavy atom. The molecule has 96 valence electrons. The van der Waals surface area contributed by atoms with Crippen LogP contribution in [0, 0.1) is 11.3 Å². The summed E-state index contributed by atoms with van der Waals surface area (Å²) in [5, 5.41) is 14.7. The molecule has 0 spiro atoms. The Hall–Kier alpha value is -2.06. The zero-order valence-corrected chi connectivity index (χ0v) is 10.6. The van der Waals surface area contributed by atoms with Gasteiger partial charge in [0.15, 0.2) is 0 Å². The minimum atomic E-state index is -0.0356. The van der Waals surface area contributed by atoms with Crippen molar-refractivity contribution >= 4 is 5.91 Å². The Labute approximate surface area is 107 Å². The lowest BCUT2D eigenvalue weighted by Crippen LogP contribution is -2.33. The van der Waals surface area contributed by atoms with Gasteiger partial charge in [-0.2, -0.15) is 5.26 Å². The highest BCUT2D eigenvalue weighted by molar-refractivity contribution is 5.77. The average molecular weight is 247 g/mol. The van der Waals surface area contributed by atoms with Gasteiger partial charge in [0, 0.05) is 13.1 Å². The van der Waals surface area contributed by atoms with Gasteiger partial charge in [-0.05, 0) is 24.6 Å². The second-order valence-electron chi connectivity index (χ2n) is 3.70. The molecular weight excluding hydrogens is 230 g/mol. The molecule has 18 heavy (non-hydrogen) atoms. The van der Waals surface area contributed by atoms with Crippen molar-refractivity contribution in [3.8, 4) is 11.8 Å². The summed E-state index contributed by atoms with van der Waals surface area (Å²) in [5.41, 5.74) is 1.44. The van der Waals surface area contributed by atoms with E-state index >= 15 is 0 Å². The van der Waals surface area contributed by atoms with Crippen molar-refractivity contribution in [3.05, 3.63) is 29.3 Å².